The molecule has 1 aliphatic heterocycles. The molecule has 0 bridgehead atoms. The molecule has 1 unspecified atom stereocenters. The van der Waals surface area contributed by atoms with Crippen molar-refractivity contribution in [1.82, 2.24) is 19.6 Å². The number of aromatic nitrogens is 2. The fourth-order valence-electron chi connectivity index (χ4n) is 3.90. The van der Waals surface area contributed by atoms with E-state index in [1.165, 1.54) is 15.6 Å². The van der Waals surface area contributed by atoms with Crippen LogP contribution in [0.2, 0.25) is 0 Å². The highest BCUT2D eigenvalue weighted by molar-refractivity contribution is 7.91. The molecule has 0 saturated carbocycles. The van der Waals surface area contributed by atoms with Gasteiger partial charge in [-0.2, -0.15) is 4.31 Å². The van der Waals surface area contributed by atoms with Crippen LogP contribution in [-0.2, 0) is 21.2 Å². The Labute approximate surface area is 186 Å². The smallest absolute Gasteiger partial charge is 0.252 e. The summed E-state index contributed by atoms with van der Waals surface area (Å²) in [6, 6.07) is 10.9. The average Bonchev–Trinajstić information content (AvgIpc) is 3.47. The fraction of sp³-hybridized carbons (Fsp3) is 0.455. The van der Waals surface area contributed by atoms with E-state index in [1.807, 2.05) is 24.3 Å². The normalized spacial score (nSPS) is 16.2. The SMILES string of the molecule is CC(C)CC(NC(=O)Cc1ccc(S(=O)(=O)N2CCCC2)s1)c1nc2ccccc2[nH]1. The maximum Gasteiger partial charge on any atom is 0.252 e. The fourth-order valence-corrected chi connectivity index (χ4v) is 6.92. The van der Waals surface area contributed by atoms with E-state index in [0.717, 1.165) is 41.0 Å². The van der Waals surface area contributed by atoms with Gasteiger partial charge in [0.15, 0.2) is 0 Å². The number of rotatable bonds is 8. The van der Waals surface area contributed by atoms with E-state index >= 15 is 0 Å². The highest BCUT2D eigenvalue weighted by Crippen LogP contribution is 2.28. The van der Waals surface area contributed by atoms with E-state index in [4.69, 9.17) is 0 Å². The summed E-state index contributed by atoms with van der Waals surface area (Å²) in [5, 5.41) is 3.09. The van der Waals surface area contributed by atoms with Gasteiger partial charge in [0, 0.05) is 18.0 Å². The Hall–Kier alpha value is -2.23. The molecule has 1 aliphatic rings. The highest BCUT2D eigenvalue weighted by Gasteiger charge is 2.29. The van der Waals surface area contributed by atoms with E-state index in [1.54, 1.807) is 12.1 Å². The van der Waals surface area contributed by atoms with E-state index in [2.05, 4.69) is 29.1 Å². The molecule has 1 saturated heterocycles. The van der Waals surface area contributed by atoms with E-state index in [9.17, 15) is 13.2 Å². The maximum absolute atomic E-state index is 12.8. The number of fused-ring (bicyclic) bond motifs is 1. The van der Waals surface area contributed by atoms with Gasteiger partial charge in [-0.05, 0) is 49.4 Å². The number of aromatic amines is 1. The van der Waals surface area contributed by atoms with Crippen molar-refractivity contribution in [2.45, 2.75) is 49.8 Å². The first-order chi connectivity index (χ1) is 14.8. The maximum atomic E-state index is 12.8. The van der Waals surface area contributed by atoms with Crippen LogP contribution in [0, 0.1) is 5.92 Å². The predicted molar refractivity (Wildman–Crippen MR) is 122 cm³/mol. The molecule has 1 aromatic carbocycles. The minimum atomic E-state index is -3.45. The van der Waals surface area contributed by atoms with Gasteiger partial charge < -0.3 is 10.3 Å². The summed E-state index contributed by atoms with van der Waals surface area (Å²) in [5.41, 5.74) is 1.81. The first-order valence-electron chi connectivity index (χ1n) is 10.7. The van der Waals surface area contributed by atoms with Crippen LogP contribution in [0.1, 0.15) is 49.9 Å². The summed E-state index contributed by atoms with van der Waals surface area (Å²) in [6.45, 7) is 5.36. The second kappa shape index (κ2) is 9.10. The molecule has 1 fully saturated rings. The van der Waals surface area contributed by atoms with Gasteiger partial charge in [-0.1, -0.05) is 26.0 Å². The van der Waals surface area contributed by atoms with Gasteiger partial charge in [0.05, 0.1) is 23.5 Å². The Kier molecular flexibility index (Phi) is 6.45. The van der Waals surface area contributed by atoms with Crippen LogP contribution in [0.5, 0.6) is 0 Å². The van der Waals surface area contributed by atoms with Gasteiger partial charge in [0.1, 0.15) is 10.0 Å². The van der Waals surface area contributed by atoms with Gasteiger partial charge in [-0.3, -0.25) is 4.79 Å². The lowest BCUT2D eigenvalue weighted by atomic mass is 10.0. The topological polar surface area (TPSA) is 95.2 Å². The molecular formula is C22H28N4O3S2. The van der Waals surface area contributed by atoms with Crippen molar-refractivity contribution in [2.75, 3.05) is 13.1 Å². The molecule has 31 heavy (non-hydrogen) atoms. The lowest BCUT2D eigenvalue weighted by Crippen LogP contribution is -2.31. The van der Waals surface area contributed by atoms with Gasteiger partial charge in [0.2, 0.25) is 5.91 Å². The van der Waals surface area contributed by atoms with E-state index in [0.29, 0.717) is 23.2 Å². The number of nitrogens with zero attached hydrogens (tertiary/aromatic N) is 2. The summed E-state index contributed by atoms with van der Waals surface area (Å²) in [4.78, 5) is 21.5. The zero-order valence-electron chi connectivity index (χ0n) is 17.8. The van der Waals surface area contributed by atoms with Crippen LogP contribution in [-0.4, -0.2) is 41.7 Å². The molecule has 1 amide bonds. The molecule has 0 radical (unpaired) electrons. The predicted octanol–water partition coefficient (Wildman–Crippen LogP) is 3.86. The minimum Gasteiger partial charge on any atom is -0.346 e. The van der Waals surface area contributed by atoms with Crippen molar-refractivity contribution in [3.63, 3.8) is 0 Å². The lowest BCUT2D eigenvalue weighted by molar-refractivity contribution is -0.121. The van der Waals surface area contributed by atoms with Gasteiger partial charge >= 0.3 is 0 Å². The number of carbonyl (C=O) groups excluding carboxylic acids is 1. The molecular weight excluding hydrogens is 432 g/mol. The number of sulfonamides is 1. The molecule has 7 nitrogen and oxygen atoms in total. The molecule has 3 heterocycles. The average molecular weight is 461 g/mol. The van der Waals surface area contributed by atoms with Crippen LogP contribution >= 0.6 is 11.3 Å². The number of H-pyrrole nitrogens is 1. The number of thiophene rings is 1. The van der Waals surface area contributed by atoms with Crippen LogP contribution in [0.3, 0.4) is 0 Å². The summed E-state index contributed by atoms with van der Waals surface area (Å²) >= 11 is 1.18. The molecule has 1 atom stereocenters. The van der Waals surface area contributed by atoms with E-state index < -0.39 is 10.0 Å². The Morgan fingerprint density at radius 3 is 2.65 bits per heavy atom. The Balaban J connectivity index is 1.46. The largest absolute Gasteiger partial charge is 0.346 e. The quantitative estimate of drug-likeness (QED) is 0.534. The van der Waals surface area contributed by atoms with Crippen molar-refractivity contribution < 1.29 is 13.2 Å². The van der Waals surface area contributed by atoms with Crippen LogP contribution < -0.4 is 5.32 Å². The van der Waals surface area contributed by atoms with Crippen molar-refractivity contribution in [2.24, 2.45) is 5.92 Å². The minimum absolute atomic E-state index is 0.141. The van der Waals surface area contributed by atoms with Crippen LogP contribution in [0.25, 0.3) is 11.0 Å². The third-order valence-electron chi connectivity index (χ3n) is 5.41. The zero-order valence-corrected chi connectivity index (χ0v) is 19.4. The van der Waals surface area contributed by atoms with Crippen molar-refractivity contribution in [3.05, 3.63) is 47.1 Å². The molecule has 9 heteroatoms. The molecule has 4 rings (SSSR count). The second-order valence-corrected chi connectivity index (χ2v) is 11.7. The number of imidazole rings is 1. The Morgan fingerprint density at radius 1 is 1.19 bits per heavy atom. The third-order valence-corrected chi connectivity index (χ3v) is 8.86. The molecule has 2 N–H and O–H groups in total. The first-order valence-corrected chi connectivity index (χ1v) is 12.9. The molecule has 3 aromatic rings. The third kappa shape index (κ3) is 4.99. The van der Waals surface area contributed by atoms with E-state index in [-0.39, 0.29) is 18.4 Å². The number of nitrogens with one attached hydrogen (secondary N) is 2. The summed E-state index contributed by atoms with van der Waals surface area (Å²) in [5.74, 6) is 0.974. The van der Waals surface area contributed by atoms with Crippen molar-refractivity contribution in [3.8, 4) is 0 Å². The standard InChI is InChI=1S/C22H28N4O3S2/c1-15(2)13-19(22-24-17-7-3-4-8-18(17)25-22)23-20(27)14-16-9-10-21(30-16)31(28,29)26-11-5-6-12-26/h3-4,7-10,15,19H,5-6,11-14H2,1-2H3,(H,23,27)(H,24,25). The van der Waals surface area contributed by atoms with Crippen molar-refractivity contribution >= 4 is 38.3 Å². The highest BCUT2D eigenvalue weighted by atomic mass is 32.2. The van der Waals surface area contributed by atoms with Crippen LogP contribution in [0.15, 0.2) is 40.6 Å². The first kappa shape index (κ1) is 22.0. The molecule has 2 aromatic heterocycles. The Bertz CT molecular complexity index is 1130. The van der Waals surface area contributed by atoms with Gasteiger partial charge in [-0.15, -0.1) is 11.3 Å². The Morgan fingerprint density at radius 2 is 1.94 bits per heavy atom. The second-order valence-electron chi connectivity index (χ2n) is 8.40. The monoisotopic (exact) mass is 460 g/mol. The van der Waals surface area contributed by atoms with Gasteiger partial charge in [0.25, 0.3) is 10.0 Å². The number of para-hydroxylation sites is 2. The number of benzene rings is 1. The van der Waals surface area contributed by atoms with Crippen molar-refractivity contribution in [1.29, 1.82) is 0 Å². The summed E-state index contributed by atoms with van der Waals surface area (Å²) in [6.07, 6.45) is 2.71. The molecule has 166 valence electrons. The summed E-state index contributed by atoms with van der Waals surface area (Å²) in [7, 11) is -3.45. The number of carbonyl (C=O) groups is 1. The zero-order chi connectivity index (χ0) is 22.0. The van der Waals surface area contributed by atoms with Gasteiger partial charge in [-0.25, -0.2) is 13.4 Å². The number of hydrogen-bond acceptors (Lipinski definition) is 5. The molecule has 0 aliphatic carbocycles. The number of amides is 1. The number of hydrogen-bond donors (Lipinski definition) is 2. The lowest BCUT2D eigenvalue weighted by Gasteiger charge is -2.18. The summed E-state index contributed by atoms with van der Waals surface area (Å²) < 4.78 is 27.3. The molecule has 0 spiro atoms. The van der Waals surface area contributed by atoms with Crippen LogP contribution in [0.4, 0.5) is 0 Å².